The molecule has 3 heterocycles. The minimum atomic E-state index is -0.899. The smallest absolute Gasteiger partial charge is 0.351 e. The van der Waals surface area contributed by atoms with Crippen LogP contribution in [0.5, 0.6) is 0 Å². The van der Waals surface area contributed by atoms with E-state index >= 15 is 0 Å². The van der Waals surface area contributed by atoms with Crippen molar-refractivity contribution in [2.45, 2.75) is 31.0 Å². The van der Waals surface area contributed by atoms with E-state index in [0.29, 0.717) is 5.56 Å². The van der Waals surface area contributed by atoms with E-state index in [4.69, 9.17) is 18.9 Å². The number of aliphatic hydroxyl groups excluding tert-OH is 1. The third-order valence-corrected chi connectivity index (χ3v) is 4.58. The summed E-state index contributed by atoms with van der Waals surface area (Å²) >= 11 is 0. The van der Waals surface area contributed by atoms with Crippen LogP contribution < -0.4 is 11.0 Å². The van der Waals surface area contributed by atoms with E-state index in [1.165, 1.54) is 23.9 Å². The molecule has 2 fully saturated rings. The molecule has 10 heteroatoms. The van der Waals surface area contributed by atoms with Crippen LogP contribution in [0, 0.1) is 0 Å². The van der Waals surface area contributed by atoms with E-state index in [9.17, 15) is 14.7 Å². The van der Waals surface area contributed by atoms with Gasteiger partial charge in [-0.25, -0.2) is 4.79 Å². The van der Waals surface area contributed by atoms with Gasteiger partial charge >= 0.3 is 5.69 Å². The molecule has 0 radical (unpaired) electrons. The zero-order chi connectivity index (χ0) is 19.7. The maximum Gasteiger partial charge on any atom is 0.351 e. The van der Waals surface area contributed by atoms with E-state index in [-0.39, 0.29) is 18.3 Å². The Hall–Kier alpha value is -2.63. The summed E-state index contributed by atoms with van der Waals surface area (Å²) < 4.78 is 23.1. The number of rotatable bonds is 5. The summed E-state index contributed by atoms with van der Waals surface area (Å²) in [5, 5.41) is 12.1. The molecule has 1 amide bonds. The minimum Gasteiger partial charge on any atom is -0.394 e. The number of ether oxygens (including phenoxy) is 4. The summed E-state index contributed by atoms with van der Waals surface area (Å²) in [6.07, 6.45) is -1.29. The Morgan fingerprint density at radius 2 is 1.96 bits per heavy atom. The van der Waals surface area contributed by atoms with E-state index in [1.807, 2.05) is 0 Å². The summed E-state index contributed by atoms with van der Waals surface area (Å²) in [5.74, 6) is -0.264. The number of nitrogens with one attached hydrogen (secondary N) is 1. The second kappa shape index (κ2) is 7.78. The van der Waals surface area contributed by atoms with E-state index < -0.39 is 36.7 Å². The third-order valence-electron chi connectivity index (χ3n) is 4.58. The first-order chi connectivity index (χ1) is 13.6. The Labute approximate surface area is 159 Å². The fourth-order valence-electron chi connectivity index (χ4n) is 3.24. The number of hydrogen-bond acceptors (Lipinski definition) is 8. The average molecular weight is 389 g/mol. The molecule has 10 nitrogen and oxygen atoms in total. The highest BCUT2D eigenvalue weighted by atomic mass is 16.9. The van der Waals surface area contributed by atoms with Crippen LogP contribution in [0.15, 0.2) is 47.4 Å². The zero-order valence-corrected chi connectivity index (χ0v) is 14.9. The lowest BCUT2D eigenvalue weighted by atomic mass is 10.1. The Bertz CT molecular complexity index is 904. The van der Waals surface area contributed by atoms with Gasteiger partial charge in [-0.1, -0.05) is 18.2 Å². The van der Waals surface area contributed by atoms with E-state index in [1.54, 1.807) is 30.3 Å². The summed E-state index contributed by atoms with van der Waals surface area (Å²) in [4.78, 5) is 28.6. The number of amides is 1. The van der Waals surface area contributed by atoms with Crippen molar-refractivity contribution in [3.05, 3.63) is 58.6 Å². The van der Waals surface area contributed by atoms with Crippen LogP contribution in [0.4, 0.5) is 5.82 Å². The molecule has 5 atom stereocenters. The van der Waals surface area contributed by atoms with Crippen molar-refractivity contribution >= 4 is 11.7 Å². The van der Waals surface area contributed by atoms with Crippen LogP contribution in [-0.4, -0.2) is 59.1 Å². The van der Waals surface area contributed by atoms with Gasteiger partial charge in [0.05, 0.1) is 6.61 Å². The first-order valence-corrected chi connectivity index (χ1v) is 8.66. The van der Waals surface area contributed by atoms with Gasteiger partial charge in [0.2, 0.25) is 0 Å². The second-order valence-electron chi connectivity index (χ2n) is 6.30. The number of nitrogens with zero attached hydrogens (tertiary/aromatic N) is 2. The molecule has 0 bridgehead atoms. The van der Waals surface area contributed by atoms with E-state index in [0.717, 1.165) is 0 Å². The van der Waals surface area contributed by atoms with Gasteiger partial charge in [-0.2, -0.15) is 4.98 Å². The van der Waals surface area contributed by atoms with Crippen LogP contribution in [-0.2, 0) is 18.9 Å². The predicted molar refractivity (Wildman–Crippen MR) is 94.4 cm³/mol. The summed E-state index contributed by atoms with van der Waals surface area (Å²) in [6, 6.07) is 10.1. The van der Waals surface area contributed by atoms with Gasteiger partial charge in [-0.3, -0.25) is 9.36 Å². The number of carbonyl (C=O) groups excluding carboxylic acids is 1. The molecule has 28 heavy (non-hydrogen) atoms. The van der Waals surface area contributed by atoms with E-state index in [2.05, 4.69) is 10.3 Å². The molecular formula is C18H19N3O7. The molecule has 4 rings (SSSR count). The lowest BCUT2D eigenvalue weighted by Crippen LogP contribution is -2.34. The van der Waals surface area contributed by atoms with Crippen molar-refractivity contribution in [2.75, 3.05) is 19.0 Å². The normalized spacial score (nSPS) is 28.9. The Balaban J connectivity index is 1.53. The molecule has 0 spiro atoms. The molecule has 2 aliphatic rings. The van der Waals surface area contributed by atoms with Gasteiger partial charge in [0.15, 0.2) is 6.23 Å². The zero-order valence-electron chi connectivity index (χ0n) is 14.9. The molecular weight excluding hydrogens is 370 g/mol. The molecule has 2 aliphatic heterocycles. The van der Waals surface area contributed by atoms with Crippen molar-refractivity contribution < 1.29 is 28.8 Å². The molecule has 2 aromatic rings. The largest absolute Gasteiger partial charge is 0.394 e. The first kappa shape index (κ1) is 18.7. The highest BCUT2D eigenvalue weighted by molar-refractivity contribution is 6.03. The highest BCUT2D eigenvalue weighted by Crippen LogP contribution is 2.38. The maximum absolute atomic E-state index is 12.5. The fourth-order valence-corrected chi connectivity index (χ4v) is 3.24. The van der Waals surface area contributed by atoms with Gasteiger partial charge in [-0.15, -0.1) is 0 Å². The van der Waals surface area contributed by atoms with Gasteiger partial charge in [0, 0.05) is 18.9 Å². The number of methoxy groups -OCH3 is 1. The van der Waals surface area contributed by atoms with Crippen molar-refractivity contribution in [1.82, 2.24) is 9.55 Å². The fraction of sp³-hybridized carbons (Fsp3) is 0.389. The summed E-state index contributed by atoms with van der Waals surface area (Å²) in [6.45, 7) is -1.20. The van der Waals surface area contributed by atoms with Gasteiger partial charge in [0.1, 0.15) is 24.1 Å². The summed E-state index contributed by atoms with van der Waals surface area (Å²) in [5.41, 5.74) is -0.194. The first-order valence-electron chi connectivity index (χ1n) is 8.66. The standard InChI is InChI=1S/C18H19N3O7/c1-25-18-27-13-11(9-22)26-16(14(13)28-18)21-8-7-12(20-17(21)24)19-15(23)10-5-3-2-4-6-10/h2-8,11,13-14,16,18,22H,9H2,1H3,(H,19,20,23,24)/t11-,13-,14-,16-,18?/m1/s1. The number of aliphatic hydroxyl groups is 1. The number of aromatic nitrogens is 2. The molecule has 0 aliphatic carbocycles. The predicted octanol–water partition coefficient (Wildman–Crippen LogP) is 0.0993. The van der Waals surface area contributed by atoms with Crippen LogP contribution in [0.25, 0.3) is 0 Å². The number of anilines is 1. The van der Waals surface area contributed by atoms with Crippen molar-refractivity contribution in [3.8, 4) is 0 Å². The number of benzene rings is 1. The molecule has 2 N–H and O–H groups in total. The second-order valence-corrected chi connectivity index (χ2v) is 6.30. The topological polar surface area (TPSA) is 121 Å². The van der Waals surface area contributed by atoms with Crippen molar-refractivity contribution in [2.24, 2.45) is 0 Å². The van der Waals surface area contributed by atoms with Crippen molar-refractivity contribution in [1.29, 1.82) is 0 Å². The molecule has 2 saturated heterocycles. The quantitative estimate of drug-likeness (QED) is 0.739. The Kier molecular flexibility index (Phi) is 5.20. The summed E-state index contributed by atoms with van der Waals surface area (Å²) in [7, 11) is 1.42. The van der Waals surface area contributed by atoms with Crippen LogP contribution in [0.2, 0.25) is 0 Å². The monoisotopic (exact) mass is 389 g/mol. The molecule has 1 aromatic heterocycles. The number of carbonyl (C=O) groups is 1. The van der Waals surface area contributed by atoms with Crippen LogP contribution in [0.3, 0.4) is 0 Å². The van der Waals surface area contributed by atoms with Gasteiger partial charge < -0.3 is 29.4 Å². The van der Waals surface area contributed by atoms with Crippen molar-refractivity contribution in [3.63, 3.8) is 0 Å². The molecule has 1 unspecified atom stereocenters. The average Bonchev–Trinajstić information content (AvgIpc) is 3.28. The Morgan fingerprint density at radius 1 is 1.21 bits per heavy atom. The van der Waals surface area contributed by atoms with Gasteiger partial charge in [-0.05, 0) is 18.2 Å². The Morgan fingerprint density at radius 3 is 2.64 bits per heavy atom. The highest BCUT2D eigenvalue weighted by Gasteiger charge is 2.53. The number of hydrogen-bond donors (Lipinski definition) is 2. The van der Waals surface area contributed by atoms with Crippen LogP contribution in [0.1, 0.15) is 16.6 Å². The molecule has 0 saturated carbocycles. The minimum absolute atomic E-state index is 0.113. The third kappa shape index (κ3) is 3.43. The number of fused-ring (bicyclic) bond motifs is 1. The van der Waals surface area contributed by atoms with Gasteiger partial charge in [0.25, 0.3) is 12.4 Å². The molecule has 1 aromatic carbocycles. The lowest BCUT2D eigenvalue weighted by molar-refractivity contribution is -0.257. The SMILES string of the molecule is COC1O[C@@H]2[C@H](O1)[C@@H](CO)O[C@H]2n1ccc(NC(=O)c2ccccc2)nc1=O. The molecule has 148 valence electrons. The maximum atomic E-state index is 12.5. The van der Waals surface area contributed by atoms with Crippen LogP contribution >= 0.6 is 0 Å². The lowest BCUT2D eigenvalue weighted by Gasteiger charge is -2.20.